The zero-order valence-electron chi connectivity index (χ0n) is 15.2. The smallest absolute Gasteiger partial charge is 0.279 e. The van der Waals surface area contributed by atoms with Crippen LogP contribution in [0.1, 0.15) is 5.56 Å². The summed E-state index contributed by atoms with van der Waals surface area (Å²) in [5, 5.41) is 5.87. The molecule has 1 amide bonds. The summed E-state index contributed by atoms with van der Waals surface area (Å²) in [5.74, 6) is 0.733. The Balaban J connectivity index is 1.63. The van der Waals surface area contributed by atoms with Gasteiger partial charge in [0.15, 0.2) is 6.54 Å². The lowest BCUT2D eigenvalue weighted by molar-refractivity contribution is -0.885. The first-order valence-electron chi connectivity index (χ1n) is 8.58. The Morgan fingerprint density at radius 3 is 2.59 bits per heavy atom. The van der Waals surface area contributed by atoms with E-state index in [0.717, 1.165) is 28.0 Å². The van der Waals surface area contributed by atoms with E-state index in [4.69, 9.17) is 27.9 Å². The maximum absolute atomic E-state index is 12.3. The second-order valence-corrected chi connectivity index (χ2v) is 7.29. The third kappa shape index (κ3) is 4.92. The lowest BCUT2D eigenvalue weighted by Gasteiger charge is -2.15. The minimum absolute atomic E-state index is 0.109. The number of benzene rings is 3. The van der Waals surface area contributed by atoms with Gasteiger partial charge < -0.3 is 15.0 Å². The fraction of sp³-hybridized carbons (Fsp3) is 0.190. The van der Waals surface area contributed by atoms with E-state index < -0.39 is 0 Å². The van der Waals surface area contributed by atoms with Crippen LogP contribution in [0.2, 0.25) is 10.0 Å². The van der Waals surface area contributed by atoms with E-state index in [9.17, 15) is 4.79 Å². The van der Waals surface area contributed by atoms with Gasteiger partial charge in [-0.05, 0) is 41.1 Å². The van der Waals surface area contributed by atoms with Crippen molar-refractivity contribution in [1.82, 2.24) is 0 Å². The van der Waals surface area contributed by atoms with Crippen molar-refractivity contribution in [2.75, 3.05) is 26.0 Å². The average Bonchev–Trinajstić information content (AvgIpc) is 2.64. The average molecular weight is 404 g/mol. The molecule has 0 saturated carbocycles. The van der Waals surface area contributed by atoms with Gasteiger partial charge in [-0.1, -0.05) is 47.5 Å². The summed E-state index contributed by atoms with van der Waals surface area (Å²) in [6, 6.07) is 17.5. The zero-order chi connectivity index (χ0) is 19.4. The highest BCUT2D eigenvalue weighted by Gasteiger charge is 2.13. The molecule has 0 radical (unpaired) electrons. The van der Waals surface area contributed by atoms with Gasteiger partial charge in [0.2, 0.25) is 0 Å². The van der Waals surface area contributed by atoms with Crippen LogP contribution in [0.4, 0.5) is 5.69 Å². The molecule has 140 valence electrons. The van der Waals surface area contributed by atoms with Crippen molar-refractivity contribution in [3.05, 3.63) is 70.2 Å². The molecule has 0 bridgehead atoms. The van der Waals surface area contributed by atoms with Crippen molar-refractivity contribution in [1.29, 1.82) is 0 Å². The molecule has 0 aliphatic rings. The van der Waals surface area contributed by atoms with E-state index in [1.54, 1.807) is 25.3 Å². The number of rotatable bonds is 6. The minimum atomic E-state index is -0.109. The number of likely N-dealkylation sites (N-methyl/N-ethyl adjacent to an activating group) is 1. The van der Waals surface area contributed by atoms with E-state index in [1.807, 2.05) is 25.2 Å². The van der Waals surface area contributed by atoms with Crippen LogP contribution >= 0.6 is 23.2 Å². The van der Waals surface area contributed by atoms with Crippen LogP contribution in [0.15, 0.2) is 54.6 Å². The highest BCUT2D eigenvalue weighted by atomic mass is 35.5. The first-order valence-corrected chi connectivity index (χ1v) is 9.33. The lowest BCUT2D eigenvalue weighted by atomic mass is 10.1. The van der Waals surface area contributed by atoms with Gasteiger partial charge in [-0.15, -0.1) is 0 Å². The molecule has 3 aromatic rings. The van der Waals surface area contributed by atoms with Crippen LogP contribution in [0.25, 0.3) is 10.8 Å². The van der Waals surface area contributed by atoms with Gasteiger partial charge in [0.25, 0.3) is 5.91 Å². The van der Waals surface area contributed by atoms with Gasteiger partial charge in [0.05, 0.1) is 29.9 Å². The van der Waals surface area contributed by atoms with Crippen molar-refractivity contribution in [2.45, 2.75) is 6.54 Å². The van der Waals surface area contributed by atoms with E-state index in [1.165, 1.54) is 5.56 Å². The second-order valence-electron chi connectivity index (χ2n) is 6.51. The minimum Gasteiger partial charge on any atom is -0.497 e. The number of carbonyl (C=O) groups is 1. The molecule has 0 heterocycles. The van der Waals surface area contributed by atoms with Crippen molar-refractivity contribution in [3.63, 3.8) is 0 Å². The Kier molecular flexibility index (Phi) is 6.22. The number of ether oxygens (including phenoxy) is 1. The van der Waals surface area contributed by atoms with Gasteiger partial charge in [-0.3, -0.25) is 4.79 Å². The number of carbonyl (C=O) groups excluding carboxylic acids is 1. The van der Waals surface area contributed by atoms with E-state index >= 15 is 0 Å². The third-order valence-corrected chi connectivity index (χ3v) is 5.12. The molecule has 2 N–H and O–H groups in total. The number of nitrogens with one attached hydrogen (secondary N) is 2. The summed E-state index contributed by atoms with van der Waals surface area (Å²) < 4.78 is 5.26. The first-order chi connectivity index (χ1) is 13.0. The molecule has 0 spiro atoms. The van der Waals surface area contributed by atoms with Crippen molar-refractivity contribution in [3.8, 4) is 5.75 Å². The van der Waals surface area contributed by atoms with Gasteiger partial charge in [0, 0.05) is 5.56 Å². The van der Waals surface area contributed by atoms with E-state index in [-0.39, 0.29) is 5.91 Å². The number of anilines is 1. The second kappa shape index (κ2) is 8.61. The number of fused-ring (bicyclic) bond motifs is 1. The Morgan fingerprint density at radius 1 is 1.07 bits per heavy atom. The van der Waals surface area contributed by atoms with Gasteiger partial charge >= 0.3 is 0 Å². The molecular formula is C21H21Cl2N2O2+. The Bertz CT molecular complexity index is 976. The number of methoxy groups -OCH3 is 1. The monoisotopic (exact) mass is 403 g/mol. The molecule has 0 saturated heterocycles. The Morgan fingerprint density at radius 2 is 1.81 bits per heavy atom. The predicted molar refractivity (Wildman–Crippen MR) is 111 cm³/mol. The first kappa shape index (κ1) is 19.5. The molecule has 3 aromatic carbocycles. The Hall–Kier alpha value is -2.27. The molecule has 27 heavy (non-hydrogen) atoms. The maximum Gasteiger partial charge on any atom is 0.279 e. The van der Waals surface area contributed by atoms with Crippen LogP contribution in [-0.2, 0) is 11.3 Å². The van der Waals surface area contributed by atoms with E-state index in [0.29, 0.717) is 22.3 Å². The number of halogens is 2. The molecule has 0 aliphatic carbocycles. The van der Waals surface area contributed by atoms with Gasteiger partial charge in [0.1, 0.15) is 12.3 Å². The number of hydrogen-bond donors (Lipinski definition) is 2. The van der Waals surface area contributed by atoms with Crippen molar-refractivity contribution < 1.29 is 14.4 Å². The molecule has 6 heteroatoms. The molecule has 4 nitrogen and oxygen atoms in total. The zero-order valence-corrected chi connectivity index (χ0v) is 16.7. The van der Waals surface area contributed by atoms with Crippen LogP contribution in [0.3, 0.4) is 0 Å². The normalized spacial score (nSPS) is 12.0. The standard InChI is InChI=1S/C21H20Cl2N2O2/c1-25(13-20(26)24-19-5-3-4-18(22)21(19)23)12-14-6-7-16-11-17(27-2)9-8-15(16)10-14/h3-11H,12-13H2,1-2H3,(H,24,26)/p+1. The van der Waals surface area contributed by atoms with E-state index in [2.05, 4.69) is 23.5 Å². The number of hydrogen-bond acceptors (Lipinski definition) is 2. The third-order valence-electron chi connectivity index (χ3n) is 4.31. The molecule has 0 aromatic heterocycles. The summed E-state index contributed by atoms with van der Waals surface area (Å²) >= 11 is 12.1. The molecule has 1 unspecified atom stereocenters. The topological polar surface area (TPSA) is 42.8 Å². The fourth-order valence-electron chi connectivity index (χ4n) is 2.99. The van der Waals surface area contributed by atoms with Gasteiger partial charge in [-0.2, -0.15) is 0 Å². The SMILES string of the molecule is COc1ccc2cc(C[NH+](C)CC(=O)Nc3cccc(Cl)c3Cl)ccc2c1. The maximum atomic E-state index is 12.3. The molecule has 3 rings (SSSR count). The quantitative estimate of drug-likeness (QED) is 0.656. The number of quaternary nitrogens is 1. The highest BCUT2D eigenvalue weighted by molar-refractivity contribution is 6.43. The van der Waals surface area contributed by atoms with Gasteiger partial charge in [-0.25, -0.2) is 0 Å². The van der Waals surface area contributed by atoms with Crippen LogP contribution in [0.5, 0.6) is 5.75 Å². The summed E-state index contributed by atoms with van der Waals surface area (Å²) in [6.07, 6.45) is 0. The Labute approximate surface area is 168 Å². The van der Waals surface area contributed by atoms with Crippen molar-refractivity contribution >= 4 is 45.6 Å². The van der Waals surface area contributed by atoms with Crippen LogP contribution in [-0.4, -0.2) is 26.6 Å². The molecular weight excluding hydrogens is 383 g/mol. The predicted octanol–water partition coefficient (Wildman–Crippen LogP) is 3.81. The fourth-order valence-corrected chi connectivity index (χ4v) is 3.34. The summed E-state index contributed by atoms with van der Waals surface area (Å²) in [7, 11) is 3.65. The molecule has 1 atom stereocenters. The number of amides is 1. The van der Waals surface area contributed by atoms with Crippen LogP contribution < -0.4 is 15.0 Å². The largest absolute Gasteiger partial charge is 0.497 e. The molecule has 0 fully saturated rings. The summed E-state index contributed by atoms with van der Waals surface area (Å²) in [5.41, 5.74) is 1.69. The summed E-state index contributed by atoms with van der Waals surface area (Å²) in [4.78, 5) is 13.4. The lowest BCUT2D eigenvalue weighted by Crippen LogP contribution is -3.08. The molecule has 0 aliphatic heterocycles. The summed E-state index contributed by atoms with van der Waals surface area (Å²) in [6.45, 7) is 1.06. The highest BCUT2D eigenvalue weighted by Crippen LogP contribution is 2.29. The van der Waals surface area contributed by atoms with Crippen LogP contribution in [0, 0.1) is 0 Å². The van der Waals surface area contributed by atoms with Crippen molar-refractivity contribution in [2.24, 2.45) is 0 Å².